The van der Waals surface area contributed by atoms with Crippen LogP contribution in [0.4, 0.5) is 0 Å². The van der Waals surface area contributed by atoms with Crippen molar-refractivity contribution in [2.75, 3.05) is 24.4 Å². The number of carboxylic acids is 2. The molecule has 0 unspecified atom stereocenters. The molecule has 13 heteroatoms. The first-order valence-corrected chi connectivity index (χ1v) is 18.1. The maximum absolute atomic E-state index is 14.0. The predicted octanol–water partition coefficient (Wildman–Crippen LogP) is 3.84. The Morgan fingerprint density at radius 3 is 2.43 bits per heavy atom. The molecular formula is C29H41N3O7S3. The lowest BCUT2D eigenvalue weighted by molar-refractivity contribution is -0.139. The zero-order chi connectivity index (χ0) is 30.9. The average molecular weight is 640 g/mol. The van der Waals surface area contributed by atoms with E-state index < -0.39 is 39.4 Å². The molecule has 1 aliphatic rings. The molecule has 0 aromatic heterocycles. The van der Waals surface area contributed by atoms with Crippen LogP contribution in [0, 0.1) is 0 Å². The highest BCUT2D eigenvalue weighted by molar-refractivity contribution is 8.76. The fraction of sp³-hybridized carbons (Fsp3) is 0.517. The van der Waals surface area contributed by atoms with Crippen LogP contribution in [0.25, 0.3) is 0 Å². The van der Waals surface area contributed by atoms with Gasteiger partial charge in [0.1, 0.15) is 17.8 Å². The number of hydrogen-bond acceptors (Lipinski definition) is 10. The highest BCUT2D eigenvalue weighted by Crippen LogP contribution is 2.41. The van der Waals surface area contributed by atoms with Crippen molar-refractivity contribution in [2.45, 2.75) is 74.6 Å². The first-order valence-electron chi connectivity index (χ1n) is 13.9. The molecule has 42 heavy (non-hydrogen) atoms. The van der Waals surface area contributed by atoms with Crippen molar-refractivity contribution < 1.29 is 33.0 Å². The summed E-state index contributed by atoms with van der Waals surface area (Å²) in [5.41, 5.74) is 6.97. The zero-order valence-electron chi connectivity index (χ0n) is 24.2. The highest BCUT2D eigenvalue weighted by Gasteiger charge is 2.42. The lowest BCUT2D eigenvalue weighted by Crippen LogP contribution is -2.50. The Morgan fingerprint density at radius 1 is 1.14 bits per heavy atom. The van der Waals surface area contributed by atoms with Crippen molar-refractivity contribution >= 4 is 43.4 Å². The van der Waals surface area contributed by atoms with Gasteiger partial charge in [0.2, 0.25) is 0 Å². The van der Waals surface area contributed by atoms with Crippen molar-refractivity contribution in [3.8, 4) is 5.75 Å². The summed E-state index contributed by atoms with van der Waals surface area (Å²) in [5, 5.41) is 25.4. The fourth-order valence-corrected chi connectivity index (χ4v) is 9.49. The number of nitrogens with one attached hydrogen (secondary N) is 2. The van der Waals surface area contributed by atoms with E-state index in [4.69, 9.17) is 15.6 Å². The van der Waals surface area contributed by atoms with Gasteiger partial charge in [0.25, 0.3) is 0 Å². The minimum Gasteiger partial charge on any atom is -0.496 e. The van der Waals surface area contributed by atoms with E-state index in [-0.39, 0.29) is 34.7 Å². The van der Waals surface area contributed by atoms with Crippen LogP contribution < -0.4 is 21.1 Å². The van der Waals surface area contributed by atoms with Gasteiger partial charge in [0.15, 0.2) is 9.84 Å². The first kappa shape index (κ1) is 34.2. The van der Waals surface area contributed by atoms with E-state index in [2.05, 4.69) is 17.6 Å². The molecule has 2 aromatic rings. The summed E-state index contributed by atoms with van der Waals surface area (Å²) in [7, 11) is 0.166. The number of benzene rings is 2. The summed E-state index contributed by atoms with van der Waals surface area (Å²) in [4.78, 5) is 23.1. The first-order chi connectivity index (χ1) is 20.0. The predicted molar refractivity (Wildman–Crippen MR) is 168 cm³/mol. The Labute approximate surface area is 255 Å². The molecule has 3 rings (SSSR count). The molecule has 2 aromatic carbocycles. The largest absolute Gasteiger partial charge is 0.496 e. The second-order valence-corrected chi connectivity index (χ2v) is 15.0. The summed E-state index contributed by atoms with van der Waals surface area (Å²) in [6, 6.07) is 10.7. The van der Waals surface area contributed by atoms with Crippen molar-refractivity contribution in [1.82, 2.24) is 10.6 Å². The number of carbonyl (C=O) groups is 2. The molecule has 10 nitrogen and oxygen atoms in total. The van der Waals surface area contributed by atoms with Crippen LogP contribution in [0.2, 0.25) is 0 Å². The maximum Gasteiger partial charge on any atom is 0.321 e. The number of unbranched alkanes of at least 4 members (excludes halogenated alkanes) is 1. The summed E-state index contributed by atoms with van der Waals surface area (Å²) in [6.45, 7) is 4.17. The van der Waals surface area contributed by atoms with E-state index in [1.54, 1.807) is 12.1 Å². The Hall–Kier alpha value is -2.29. The van der Waals surface area contributed by atoms with Crippen LogP contribution in [0.3, 0.4) is 0 Å². The Kier molecular flexibility index (Phi) is 12.6. The van der Waals surface area contributed by atoms with E-state index in [1.165, 1.54) is 28.7 Å². The van der Waals surface area contributed by atoms with E-state index in [0.717, 1.165) is 24.8 Å². The fourth-order valence-electron chi connectivity index (χ4n) is 5.02. The molecule has 1 heterocycles. The molecule has 0 fully saturated rings. The van der Waals surface area contributed by atoms with Crippen LogP contribution in [0.15, 0.2) is 47.4 Å². The molecule has 4 atom stereocenters. The Morgan fingerprint density at radius 2 is 1.83 bits per heavy atom. The van der Waals surface area contributed by atoms with Gasteiger partial charge in [-0.2, -0.15) is 0 Å². The third-order valence-electron chi connectivity index (χ3n) is 7.51. The maximum atomic E-state index is 14.0. The average Bonchev–Trinajstić information content (AvgIpc) is 3.06. The number of rotatable bonds is 16. The van der Waals surface area contributed by atoms with Crippen LogP contribution in [0.5, 0.6) is 5.75 Å². The summed E-state index contributed by atoms with van der Waals surface area (Å²) in [5.74, 6) is -1.51. The van der Waals surface area contributed by atoms with Crippen LogP contribution >= 0.6 is 21.6 Å². The zero-order valence-corrected chi connectivity index (χ0v) is 26.6. The monoisotopic (exact) mass is 639 g/mol. The number of fused-ring (bicyclic) bond motifs is 1. The molecule has 0 saturated carbocycles. The van der Waals surface area contributed by atoms with Gasteiger partial charge in [-0.25, -0.2) is 8.42 Å². The van der Waals surface area contributed by atoms with Gasteiger partial charge in [0.05, 0.1) is 23.8 Å². The smallest absolute Gasteiger partial charge is 0.321 e. The Balaban J connectivity index is 1.96. The topological polar surface area (TPSA) is 168 Å². The van der Waals surface area contributed by atoms with Crippen LogP contribution in [-0.4, -0.2) is 72.6 Å². The second-order valence-electron chi connectivity index (χ2n) is 10.5. The van der Waals surface area contributed by atoms with Crippen molar-refractivity contribution in [3.63, 3.8) is 0 Å². The van der Waals surface area contributed by atoms with E-state index in [9.17, 15) is 23.1 Å². The summed E-state index contributed by atoms with van der Waals surface area (Å²) >= 11 is 0. The van der Waals surface area contributed by atoms with Crippen LogP contribution in [-0.2, 0) is 26.0 Å². The van der Waals surface area contributed by atoms with Gasteiger partial charge in [-0.15, -0.1) is 0 Å². The SMILES string of the molecule is CCCC[C@]1(CC)CS(=O)(=O)c2cc(CN[C@@H](CSSC[C@H](N)C(=O)O)C(=O)O)c(OC)cc2[C@@H](c2ccccc2)N1. The summed E-state index contributed by atoms with van der Waals surface area (Å²) < 4.78 is 33.8. The van der Waals surface area contributed by atoms with Gasteiger partial charge in [-0.05, 0) is 36.1 Å². The van der Waals surface area contributed by atoms with E-state index in [1.807, 2.05) is 37.3 Å². The minimum absolute atomic E-state index is 0.0455. The normalized spacial score (nSPS) is 21.1. The molecule has 0 aliphatic carbocycles. The number of nitrogens with two attached hydrogens (primary N) is 1. The number of methoxy groups -OCH3 is 1. The number of ether oxygens (including phenoxy) is 1. The molecule has 0 amide bonds. The molecule has 1 aliphatic heterocycles. The van der Waals surface area contributed by atoms with E-state index in [0.29, 0.717) is 23.3 Å². The lowest BCUT2D eigenvalue weighted by atomic mass is 9.88. The third-order valence-corrected chi connectivity index (χ3v) is 11.9. The standard InChI is InChI=1S/C29H41N3O7S3/c1-4-6-12-29(5-2)18-42(37,38)25-13-20(15-31-23(28(35)36)17-41-40-16-22(30)27(33)34)24(39-3)14-21(25)26(32-29)19-10-8-7-9-11-19/h7-11,13-14,22-23,26,31-32H,4-6,12,15-18,30H2,1-3H3,(H,33,34)(H,35,36)/t22-,23-,26+,29+/m0/s1. The van der Waals surface area contributed by atoms with Crippen LogP contribution in [0.1, 0.15) is 62.3 Å². The number of aliphatic carboxylic acids is 2. The molecule has 0 spiro atoms. The second kappa shape index (κ2) is 15.4. The molecule has 0 saturated heterocycles. The van der Waals surface area contributed by atoms with Gasteiger partial charge >= 0.3 is 11.9 Å². The van der Waals surface area contributed by atoms with Crippen molar-refractivity contribution in [3.05, 3.63) is 59.2 Å². The van der Waals surface area contributed by atoms with Gasteiger partial charge < -0.3 is 20.7 Å². The quantitative estimate of drug-likeness (QED) is 0.133. The highest BCUT2D eigenvalue weighted by atomic mass is 33.1. The number of sulfone groups is 1. The molecule has 6 N–H and O–H groups in total. The summed E-state index contributed by atoms with van der Waals surface area (Å²) in [6.07, 6.45) is 3.20. The van der Waals surface area contributed by atoms with Gasteiger partial charge in [-0.1, -0.05) is 78.6 Å². The number of carboxylic acid groups (broad SMARTS) is 2. The lowest BCUT2D eigenvalue weighted by Gasteiger charge is -2.36. The van der Waals surface area contributed by atoms with E-state index >= 15 is 0 Å². The van der Waals surface area contributed by atoms with Crippen molar-refractivity contribution in [1.29, 1.82) is 0 Å². The molecule has 0 bridgehead atoms. The van der Waals surface area contributed by atoms with Gasteiger partial charge in [0, 0.05) is 29.2 Å². The van der Waals surface area contributed by atoms with Gasteiger partial charge in [-0.3, -0.25) is 20.2 Å². The number of hydrogen-bond donors (Lipinski definition) is 5. The third kappa shape index (κ3) is 8.64. The Bertz CT molecular complexity index is 1330. The molecule has 232 valence electrons. The molecular weight excluding hydrogens is 599 g/mol. The molecule has 0 radical (unpaired) electrons. The minimum atomic E-state index is -3.73. The van der Waals surface area contributed by atoms with Crippen molar-refractivity contribution in [2.24, 2.45) is 5.73 Å².